The lowest BCUT2D eigenvalue weighted by atomic mass is 9.98. The Bertz CT molecular complexity index is 511. The molecular weight excluding hydrogens is 266 g/mol. The van der Waals surface area contributed by atoms with Crippen LogP contribution in [0.3, 0.4) is 0 Å². The van der Waals surface area contributed by atoms with Gasteiger partial charge in [-0.1, -0.05) is 23.8 Å². The Balaban J connectivity index is 2.09. The third-order valence-corrected chi connectivity index (χ3v) is 3.61. The van der Waals surface area contributed by atoms with Gasteiger partial charge in [-0.3, -0.25) is 4.79 Å². The van der Waals surface area contributed by atoms with E-state index in [0.29, 0.717) is 19.6 Å². The molecule has 0 aliphatic heterocycles. The summed E-state index contributed by atoms with van der Waals surface area (Å²) >= 11 is 0. The molecule has 1 aromatic carbocycles. The molecule has 1 aliphatic rings. The van der Waals surface area contributed by atoms with Gasteiger partial charge in [0.1, 0.15) is 5.75 Å². The van der Waals surface area contributed by atoms with Crippen LogP contribution in [0, 0.1) is 0 Å². The molecule has 0 spiro atoms. The fraction of sp³-hybridized carbons (Fsp3) is 0.471. The third-order valence-electron chi connectivity index (χ3n) is 3.61. The zero-order chi connectivity index (χ0) is 15.1. The third kappa shape index (κ3) is 4.25. The number of nitrogens with zero attached hydrogens (tertiary/aromatic N) is 1. The van der Waals surface area contributed by atoms with E-state index in [9.17, 15) is 4.79 Å². The van der Waals surface area contributed by atoms with Crippen molar-refractivity contribution in [2.75, 3.05) is 31.7 Å². The van der Waals surface area contributed by atoms with Gasteiger partial charge in [0.25, 0.3) is 0 Å². The van der Waals surface area contributed by atoms with E-state index in [-0.39, 0.29) is 5.97 Å². The first kappa shape index (κ1) is 15.4. The van der Waals surface area contributed by atoms with E-state index in [0.717, 1.165) is 30.8 Å². The number of esters is 1. The van der Waals surface area contributed by atoms with E-state index in [4.69, 9.17) is 9.47 Å². The Morgan fingerprint density at radius 2 is 2.10 bits per heavy atom. The average Bonchev–Trinajstić information content (AvgIpc) is 2.46. The quantitative estimate of drug-likeness (QED) is 0.544. The summed E-state index contributed by atoms with van der Waals surface area (Å²) in [6.07, 6.45) is 4.95. The normalized spacial score (nSPS) is 13.1. The Kier molecular flexibility index (Phi) is 5.67. The van der Waals surface area contributed by atoms with Crippen molar-refractivity contribution in [2.45, 2.75) is 26.2 Å². The van der Waals surface area contributed by atoms with Gasteiger partial charge in [0, 0.05) is 13.1 Å². The summed E-state index contributed by atoms with van der Waals surface area (Å²) in [4.78, 5) is 13.8. The molecule has 1 aromatic rings. The van der Waals surface area contributed by atoms with E-state index < -0.39 is 0 Å². The van der Waals surface area contributed by atoms with Crippen molar-refractivity contribution in [3.05, 3.63) is 35.9 Å². The van der Waals surface area contributed by atoms with Crippen molar-refractivity contribution >= 4 is 11.7 Å². The number of allylic oxidation sites excluding steroid dienone is 1. The maximum absolute atomic E-state index is 11.6. The zero-order valence-electron chi connectivity index (χ0n) is 12.8. The second-order valence-corrected chi connectivity index (χ2v) is 5.05. The second kappa shape index (κ2) is 7.72. The van der Waals surface area contributed by atoms with Gasteiger partial charge in [0.05, 0.1) is 25.8 Å². The van der Waals surface area contributed by atoms with Crippen LogP contribution in [0.2, 0.25) is 0 Å². The largest absolute Gasteiger partial charge is 0.495 e. The van der Waals surface area contributed by atoms with Crippen molar-refractivity contribution in [1.82, 2.24) is 0 Å². The second-order valence-electron chi connectivity index (χ2n) is 5.05. The Hall–Kier alpha value is -1.97. The molecule has 21 heavy (non-hydrogen) atoms. The number of benzene rings is 1. The van der Waals surface area contributed by atoms with Crippen molar-refractivity contribution in [2.24, 2.45) is 0 Å². The molecule has 0 heterocycles. The molecule has 0 unspecified atom stereocenters. The summed E-state index contributed by atoms with van der Waals surface area (Å²) < 4.78 is 10.5. The first-order valence-electron chi connectivity index (χ1n) is 7.46. The molecule has 2 rings (SSSR count). The van der Waals surface area contributed by atoms with Crippen LogP contribution in [-0.4, -0.2) is 32.8 Å². The van der Waals surface area contributed by atoms with Crippen molar-refractivity contribution < 1.29 is 14.3 Å². The minimum absolute atomic E-state index is 0.153. The lowest BCUT2D eigenvalue weighted by Crippen LogP contribution is -2.30. The van der Waals surface area contributed by atoms with Gasteiger partial charge in [0.2, 0.25) is 0 Å². The summed E-state index contributed by atoms with van der Waals surface area (Å²) in [6, 6.07) is 7.92. The predicted octanol–water partition coefficient (Wildman–Crippen LogP) is 3.18. The highest BCUT2D eigenvalue weighted by atomic mass is 16.5. The number of ether oxygens (including phenoxy) is 2. The van der Waals surface area contributed by atoms with Crippen LogP contribution in [0.1, 0.15) is 26.2 Å². The first-order valence-corrected chi connectivity index (χ1v) is 7.46. The maximum Gasteiger partial charge on any atom is 0.307 e. The summed E-state index contributed by atoms with van der Waals surface area (Å²) in [7, 11) is 1.67. The molecule has 0 bridgehead atoms. The highest BCUT2D eigenvalue weighted by Gasteiger charge is 2.17. The molecule has 0 N–H and O–H groups in total. The van der Waals surface area contributed by atoms with E-state index >= 15 is 0 Å². The molecule has 0 radical (unpaired) electrons. The van der Waals surface area contributed by atoms with Crippen LogP contribution in [0.15, 0.2) is 35.9 Å². The molecule has 4 nitrogen and oxygen atoms in total. The molecular formula is C17H23NO3. The Labute approximate surface area is 126 Å². The highest BCUT2D eigenvalue weighted by molar-refractivity contribution is 5.70. The van der Waals surface area contributed by atoms with Crippen molar-refractivity contribution in [3.63, 3.8) is 0 Å². The molecule has 0 atom stereocenters. The summed E-state index contributed by atoms with van der Waals surface area (Å²) in [5, 5.41) is 0. The van der Waals surface area contributed by atoms with E-state index in [1.54, 1.807) is 7.11 Å². The fourth-order valence-electron chi connectivity index (χ4n) is 2.37. The van der Waals surface area contributed by atoms with Gasteiger partial charge >= 0.3 is 5.97 Å². The standard InChI is InChI=1S/C17H23NO3/c1-3-21-17(19)11-12-18(13-14-7-6-8-14)15-9-4-5-10-16(15)20-2/h4-5,7,9-10H,3,6,8,11-13H2,1-2H3. The van der Waals surface area contributed by atoms with Crippen LogP contribution in [0.25, 0.3) is 0 Å². The number of anilines is 1. The lowest BCUT2D eigenvalue weighted by molar-refractivity contribution is -0.142. The van der Waals surface area contributed by atoms with Gasteiger partial charge in [-0.2, -0.15) is 0 Å². The number of para-hydroxylation sites is 2. The smallest absolute Gasteiger partial charge is 0.307 e. The molecule has 0 amide bonds. The van der Waals surface area contributed by atoms with E-state index in [2.05, 4.69) is 11.0 Å². The Morgan fingerprint density at radius 3 is 2.71 bits per heavy atom. The van der Waals surface area contributed by atoms with E-state index in [1.165, 1.54) is 5.57 Å². The molecule has 0 fully saturated rings. The van der Waals surface area contributed by atoms with Gasteiger partial charge in [-0.25, -0.2) is 0 Å². The molecule has 0 saturated carbocycles. The minimum atomic E-state index is -0.153. The lowest BCUT2D eigenvalue weighted by Gasteiger charge is -2.29. The predicted molar refractivity (Wildman–Crippen MR) is 83.8 cm³/mol. The average molecular weight is 289 g/mol. The number of rotatable bonds is 8. The van der Waals surface area contributed by atoms with Crippen LogP contribution >= 0.6 is 0 Å². The number of carbonyl (C=O) groups excluding carboxylic acids is 1. The number of methoxy groups -OCH3 is 1. The van der Waals surface area contributed by atoms with Crippen LogP contribution < -0.4 is 9.64 Å². The Morgan fingerprint density at radius 1 is 1.33 bits per heavy atom. The van der Waals surface area contributed by atoms with Crippen LogP contribution in [0.4, 0.5) is 5.69 Å². The highest BCUT2D eigenvalue weighted by Crippen LogP contribution is 2.30. The molecule has 4 heteroatoms. The van der Waals surface area contributed by atoms with Gasteiger partial charge < -0.3 is 14.4 Å². The number of hydrogen-bond donors (Lipinski definition) is 0. The minimum Gasteiger partial charge on any atom is -0.495 e. The summed E-state index contributed by atoms with van der Waals surface area (Å²) in [5.74, 6) is 0.682. The SMILES string of the molecule is CCOC(=O)CCN(CC1=CCC1)c1ccccc1OC. The fourth-order valence-corrected chi connectivity index (χ4v) is 2.37. The molecule has 114 valence electrons. The van der Waals surface area contributed by atoms with Crippen LogP contribution in [-0.2, 0) is 9.53 Å². The monoisotopic (exact) mass is 289 g/mol. The topological polar surface area (TPSA) is 38.8 Å². The summed E-state index contributed by atoms with van der Waals surface area (Å²) in [6.45, 7) is 3.74. The zero-order valence-corrected chi connectivity index (χ0v) is 12.8. The van der Waals surface area contributed by atoms with Gasteiger partial charge in [-0.15, -0.1) is 0 Å². The van der Waals surface area contributed by atoms with Crippen molar-refractivity contribution in [1.29, 1.82) is 0 Å². The van der Waals surface area contributed by atoms with Crippen molar-refractivity contribution in [3.8, 4) is 5.75 Å². The summed E-state index contributed by atoms with van der Waals surface area (Å²) in [5.41, 5.74) is 2.45. The van der Waals surface area contributed by atoms with Gasteiger partial charge in [-0.05, 0) is 31.9 Å². The number of carbonyl (C=O) groups is 1. The van der Waals surface area contributed by atoms with Gasteiger partial charge in [0.15, 0.2) is 0 Å². The maximum atomic E-state index is 11.6. The molecule has 0 aromatic heterocycles. The van der Waals surface area contributed by atoms with E-state index in [1.807, 2.05) is 31.2 Å². The molecule has 0 saturated heterocycles. The number of hydrogen-bond acceptors (Lipinski definition) is 4. The first-order chi connectivity index (χ1) is 10.2. The molecule has 1 aliphatic carbocycles. The van der Waals surface area contributed by atoms with Crippen LogP contribution in [0.5, 0.6) is 5.75 Å².